The van der Waals surface area contributed by atoms with Crippen molar-refractivity contribution in [3.05, 3.63) is 93.0 Å². The van der Waals surface area contributed by atoms with Crippen LogP contribution in [0, 0.1) is 12.7 Å². The zero-order valence-electron chi connectivity index (χ0n) is 14.3. The molecule has 4 rings (SSSR count). The van der Waals surface area contributed by atoms with Gasteiger partial charge in [0.1, 0.15) is 16.4 Å². The maximum Gasteiger partial charge on any atom is 0.206 e. The van der Waals surface area contributed by atoms with E-state index < -0.39 is 0 Å². The first-order valence-corrected chi connectivity index (χ1v) is 9.89. The van der Waals surface area contributed by atoms with E-state index >= 15 is 0 Å². The molecule has 0 aliphatic rings. The number of carbonyl (C=O) groups excluding carboxylic acids is 1. The minimum Gasteiger partial charge on any atom is -0.455 e. The standard InChI is InChI=1S/C22H14BrFO2S/c1-13-11-16(8-10-18(13)23)26-21-17-9-7-15(24)12-19(17)27-22(21)20(25)14-5-3-2-4-6-14/h2-12H,1H3. The molecular weight excluding hydrogens is 427 g/mol. The Morgan fingerprint density at radius 3 is 2.56 bits per heavy atom. The minimum atomic E-state index is -0.339. The Morgan fingerprint density at radius 2 is 1.81 bits per heavy atom. The van der Waals surface area contributed by atoms with Crippen molar-refractivity contribution >= 4 is 43.1 Å². The Kier molecular flexibility index (Phi) is 4.81. The van der Waals surface area contributed by atoms with Crippen molar-refractivity contribution in [1.29, 1.82) is 0 Å². The molecule has 3 aromatic carbocycles. The Labute approximate surface area is 168 Å². The molecule has 0 aliphatic heterocycles. The average Bonchev–Trinajstić information content (AvgIpc) is 3.02. The van der Waals surface area contributed by atoms with E-state index in [-0.39, 0.29) is 11.6 Å². The molecule has 5 heteroatoms. The van der Waals surface area contributed by atoms with Crippen LogP contribution < -0.4 is 4.74 Å². The van der Waals surface area contributed by atoms with Crippen molar-refractivity contribution in [3.63, 3.8) is 0 Å². The number of ether oxygens (including phenoxy) is 1. The second-order valence-corrected chi connectivity index (χ2v) is 8.02. The number of halogens is 2. The molecule has 0 amide bonds. The summed E-state index contributed by atoms with van der Waals surface area (Å²) in [5, 5.41) is 0.723. The lowest BCUT2D eigenvalue weighted by atomic mass is 10.1. The van der Waals surface area contributed by atoms with Crippen molar-refractivity contribution in [2.75, 3.05) is 0 Å². The maximum atomic E-state index is 13.7. The topological polar surface area (TPSA) is 26.3 Å². The Balaban J connectivity index is 1.86. The molecule has 27 heavy (non-hydrogen) atoms. The van der Waals surface area contributed by atoms with Gasteiger partial charge in [-0.15, -0.1) is 11.3 Å². The third-order valence-electron chi connectivity index (χ3n) is 4.20. The van der Waals surface area contributed by atoms with Crippen LogP contribution in [0.4, 0.5) is 4.39 Å². The molecule has 0 unspecified atom stereocenters. The molecule has 0 aliphatic carbocycles. The fourth-order valence-electron chi connectivity index (χ4n) is 2.82. The normalized spacial score (nSPS) is 10.9. The molecule has 134 valence electrons. The molecule has 0 radical (unpaired) electrons. The van der Waals surface area contributed by atoms with Crippen LogP contribution in [0.5, 0.6) is 11.5 Å². The van der Waals surface area contributed by atoms with E-state index in [1.54, 1.807) is 18.2 Å². The summed E-state index contributed by atoms with van der Waals surface area (Å²) in [5.74, 6) is 0.613. The predicted molar refractivity (Wildman–Crippen MR) is 111 cm³/mol. The van der Waals surface area contributed by atoms with Crippen LogP contribution >= 0.6 is 27.3 Å². The van der Waals surface area contributed by atoms with Gasteiger partial charge < -0.3 is 4.74 Å². The smallest absolute Gasteiger partial charge is 0.206 e. The van der Waals surface area contributed by atoms with Gasteiger partial charge >= 0.3 is 0 Å². The highest BCUT2D eigenvalue weighted by atomic mass is 79.9. The molecule has 0 saturated heterocycles. The summed E-state index contributed by atoms with van der Waals surface area (Å²) in [6, 6.07) is 19.1. The fraction of sp³-hybridized carbons (Fsp3) is 0.0455. The van der Waals surface area contributed by atoms with Crippen LogP contribution in [-0.4, -0.2) is 5.78 Å². The highest BCUT2D eigenvalue weighted by Crippen LogP contribution is 2.42. The number of rotatable bonds is 4. The lowest BCUT2D eigenvalue weighted by Gasteiger charge is -2.09. The van der Waals surface area contributed by atoms with Crippen molar-refractivity contribution in [3.8, 4) is 11.5 Å². The van der Waals surface area contributed by atoms with Gasteiger partial charge in [0.15, 0.2) is 5.75 Å². The number of thiophene rings is 1. The van der Waals surface area contributed by atoms with E-state index in [1.165, 1.54) is 23.5 Å². The summed E-state index contributed by atoms with van der Waals surface area (Å²) in [5.41, 5.74) is 1.59. The summed E-state index contributed by atoms with van der Waals surface area (Å²) < 4.78 is 21.5. The van der Waals surface area contributed by atoms with Crippen molar-refractivity contribution in [2.24, 2.45) is 0 Å². The summed E-state index contributed by atoms with van der Waals surface area (Å²) in [6.45, 7) is 1.97. The van der Waals surface area contributed by atoms with Crippen LogP contribution in [0.1, 0.15) is 20.8 Å². The van der Waals surface area contributed by atoms with Crippen molar-refractivity contribution < 1.29 is 13.9 Å². The van der Waals surface area contributed by atoms with Gasteiger partial charge in [-0.25, -0.2) is 4.39 Å². The van der Waals surface area contributed by atoms with E-state index in [1.807, 2.05) is 43.3 Å². The van der Waals surface area contributed by atoms with Gasteiger partial charge in [0.05, 0.1) is 0 Å². The molecule has 4 aromatic rings. The molecular formula is C22H14BrFO2S. The van der Waals surface area contributed by atoms with Crippen LogP contribution in [-0.2, 0) is 0 Å². The van der Waals surface area contributed by atoms with Gasteiger partial charge in [-0.2, -0.15) is 0 Å². The summed E-state index contributed by atoms with van der Waals surface area (Å²) in [4.78, 5) is 13.5. The summed E-state index contributed by atoms with van der Waals surface area (Å²) in [6.07, 6.45) is 0. The van der Waals surface area contributed by atoms with Gasteiger partial charge in [-0.05, 0) is 48.9 Å². The number of aryl methyl sites for hydroxylation is 1. The highest BCUT2D eigenvalue weighted by Gasteiger charge is 2.22. The van der Waals surface area contributed by atoms with E-state index in [0.717, 1.165) is 15.4 Å². The zero-order chi connectivity index (χ0) is 19.0. The first-order valence-electron chi connectivity index (χ1n) is 8.29. The molecule has 0 fully saturated rings. The number of hydrogen-bond donors (Lipinski definition) is 0. The first kappa shape index (κ1) is 17.9. The summed E-state index contributed by atoms with van der Waals surface area (Å²) >= 11 is 4.72. The molecule has 1 heterocycles. The lowest BCUT2D eigenvalue weighted by Crippen LogP contribution is -2.00. The van der Waals surface area contributed by atoms with Crippen LogP contribution in [0.3, 0.4) is 0 Å². The third kappa shape index (κ3) is 3.53. The van der Waals surface area contributed by atoms with Crippen LogP contribution in [0.2, 0.25) is 0 Å². The number of hydrogen-bond acceptors (Lipinski definition) is 3. The van der Waals surface area contributed by atoms with Gasteiger partial charge in [-0.1, -0.05) is 46.3 Å². The Morgan fingerprint density at radius 1 is 1.04 bits per heavy atom. The predicted octanol–water partition coefficient (Wildman–Crippen LogP) is 7.13. The first-order chi connectivity index (χ1) is 13.0. The zero-order valence-corrected chi connectivity index (χ0v) is 16.7. The second-order valence-electron chi connectivity index (χ2n) is 6.11. The van der Waals surface area contributed by atoms with Gasteiger partial charge in [-0.3, -0.25) is 4.79 Å². The van der Waals surface area contributed by atoms with E-state index in [2.05, 4.69) is 15.9 Å². The maximum absolute atomic E-state index is 13.7. The molecule has 0 saturated carbocycles. The minimum absolute atomic E-state index is 0.138. The number of carbonyl (C=O) groups is 1. The van der Waals surface area contributed by atoms with Crippen molar-refractivity contribution in [2.45, 2.75) is 6.92 Å². The Hall–Kier alpha value is -2.50. The third-order valence-corrected chi connectivity index (χ3v) is 6.22. The number of benzene rings is 3. The average molecular weight is 441 g/mol. The molecule has 1 aromatic heterocycles. The van der Waals surface area contributed by atoms with Crippen LogP contribution in [0.15, 0.2) is 71.2 Å². The second kappa shape index (κ2) is 7.25. The molecule has 2 nitrogen and oxygen atoms in total. The van der Waals surface area contributed by atoms with E-state index in [4.69, 9.17) is 4.74 Å². The quantitative estimate of drug-likeness (QED) is 0.315. The van der Waals surface area contributed by atoms with E-state index in [9.17, 15) is 9.18 Å². The van der Waals surface area contributed by atoms with Gasteiger partial charge in [0, 0.05) is 20.1 Å². The summed E-state index contributed by atoms with van der Waals surface area (Å²) in [7, 11) is 0. The number of ketones is 1. The monoisotopic (exact) mass is 440 g/mol. The van der Waals surface area contributed by atoms with Gasteiger partial charge in [0.25, 0.3) is 0 Å². The lowest BCUT2D eigenvalue weighted by molar-refractivity contribution is 0.104. The molecule has 0 bridgehead atoms. The molecule has 0 N–H and O–H groups in total. The number of fused-ring (bicyclic) bond motifs is 1. The van der Waals surface area contributed by atoms with Crippen molar-refractivity contribution in [1.82, 2.24) is 0 Å². The van der Waals surface area contributed by atoms with Crippen LogP contribution in [0.25, 0.3) is 10.1 Å². The largest absolute Gasteiger partial charge is 0.455 e. The van der Waals surface area contributed by atoms with E-state index in [0.29, 0.717) is 26.6 Å². The molecule has 0 atom stereocenters. The highest BCUT2D eigenvalue weighted by molar-refractivity contribution is 9.10. The molecule has 0 spiro atoms. The van der Waals surface area contributed by atoms with Gasteiger partial charge in [0.2, 0.25) is 5.78 Å². The SMILES string of the molecule is Cc1cc(Oc2c(C(=O)c3ccccc3)sc3cc(F)ccc23)ccc1Br. The fourth-order valence-corrected chi connectivity index (χ4v) is 4.18. The Bertz CT molecular complexity index is 1150.